The van der Waals surface area contributed by atoms with Crippen LogP contribution in [0.3, 0.4) is 0 Å². The maximum atomic E-state index is 6.32. The van der Waals surface area contributed by atoms with Gasteiger partial charge >= 0.3 is 0 Å². The molecular formula is C17H28OSi. The molecule has 4 atom stereocenters. The monoisotopic (exact) mass is 276 g/mol. The summed E-state index contributed by atoms with van der Waals surface area (Å²) in [5.41, 5.74) is 2.10. The van der Waals surface area contributed by atoms with Crippen LogP contribution in [0.4, 0.5) is 0 Å². The second-order valence-corrected chi connectivity index (χ2v) is 14.0. The molecule has 106 valence electrons. The van der Waals surface area contributed by atoms with Gasteiger partial charge in [0.25, 0.3) is 0 Å². The first-order chi connectivity index (χ1) is 8.77. The maximum Gasteiger partial charge on any atom is 0.0978 e. The SMILES string of the molecule is CC1(C)[C@H]2CC=C(C3C=CC(C[Si](C)(C)C)O3)[C@@H]1C2. The van der Waals surface area contributed by atoms with Crippen molar-refractivity contribution in [3.8, 4) is 0 Å². The number of hydrogen-bond donors (Lipinski definition) is 0. The summed E-state index contributed by atoms with van der Waals surface area (Å²) >= 11 is 0. The fraction of sp³-hybridized carbons (Fsp3) is 0.765. The minimum atomic E-state index is -1.03. The Balaban J connectivity index is 1.67. The summed E-state index contributed by atoms with van der Waals surface area (Å²) in [5, 5.41) is 0. The highest BCUT2D eigenvalue weighted by molar-refractivity contribution is 6.76. The van der Waals surface area contributed by atoms with E-state index in [0.29, 0.717) is 11.5 Å². The molecule has 1 heterocycles. The van der Waals surface area contributed by atoms with Crippen molar-refractivity contribution in [2.45, 2.75) is 64.6 Å². The van der Waals surface area contributed by atoms with Crippen LogP contribution in [0, 0.1) is 17.3 Å². The molecule has 0 amide bonds. The van der Waals surface area contributed by atoms with E-state index in [2.05, 4.69) is 51.7 Å². The van der Waals surface area contributed by atoms with Crippen LogP contribution in [-0.2, 0) is 4.74 Å². The number of ether oxygens (including phenoxy) is 1. The summed E-state index contributed by atoms with van der Waals surface area (Å²) in [5.74, 6) is 1.69. The van der Waals surface area contributed by atoms with Gasteiger partial charge in [-0.3, -0.25) is 0 Å². The number of rotatable bonds is 3. The van der Waals surface area contributed by atoms with Crippen LogP contribution < -0.4 is 0 Å². The Morgan fingerprint density at radius 2 is 2.00 bits per heavy atom. The molecule has 2 heteroatoms. The summed E-state index contributed by atoms with van der Waals surface area (Å²) in [7, 11) is -1.03. The third-order valence-electron chi connectivity index (χ3n) is 5.48. The lowest BCUT2D eigenvalue weighted by atomic mass is 9.48. The molecule has 2 unspecified atom stereocenters. The molecule has 1 aliphatic heterocycles. The summed E-state index contributed by atoms with van der Waals surface area (Å²) in [4.78, 5) is 0. The minimum absolute atomic E-state index is 0.284. The molecule has 0 aromatic carbocycles. The van der Waals surface area contributed by atoms with Crippen LogP contribution in [0.1, 0.15) is 26.7 Å². The fourth-order valence-corrected chi connectivity index (χ4v) is 5.57. The highest BCUT2D eigenvalue weighted by Gasteiger charge is 2.52. The third kappa shape index (κ3) is 2.38. The van der Waals surface area contributed by atoms with Gasteiger partial charge in [0.15, 0.2) is 0 Å². The molecule has 0 radical (unpaired) electrons. The van der Waals surface area contributed by atoms with Gasteiger partial charge in [-0.05, 0) is 41.7 Å². The van der Waals surface area contributed by atoms with Crippen LogP contribution in [-0.4, -0.2) is 20.3 Å². The van der Waals surface area contributed by atoms with Crippen molar-refractivity contribution >= 4 is 8.07 Å². The molecular weight excluding hydrogens is 248 g/mol. The number of allylic oxidation sites excluding steroid dienone is 1. The molecule has 19 heavy (non-hydrogen) atoms. The highest BCUT2D eigenvalue weighted by atomic mass is 28.3. The second kappa shape index (κ2) is 4.32. The van der Waals surface area contributed by atoms with Crippen molar-refractivity contribution in [2.24, 2.45) is 17.3 Å². The van der Waals surface area contributed by atoms with E-state index in [1.165, 1.54) is 18.9 Å². The second-order valence-electron chi connectivity index (χ2n) is 8.49. The number of fused-ring (bicyclic) bond motifs is 1. The zero-order valence-electron chi connectivity index (χ0n) is 13.1. The first kappa shape index (κ1) is 13.6. The van der Waals surface area contributed by atoms with E-state index >= 15 is 0 Å². The Hall–Kier alpha value is -0.343. The molecule has 3 aliphatic carbocycles. The normalized spacial score (nSPS) is 39.9. The zero-order valence-corrected chi connectivity index (χ0v) is 14.1. The van der Waals surface area contributed by atoms with Gasteiger partial charge in [0.05, 0.1) is 12.2 Å². The van der Waals surface area contributed by atoms with E-state index < -0.39 is 8.07 Å². The average Bonchev–Trinajstić information content (AvgIpc) is 2.74. The van der Waals surface area contributed by atoms with Crippen molar-refractivity contribution in [3.63, 3.8) is 0 Å². The Morgan fingerprint density at radius 1 is 1.26 bits per heavy atom. The summed E-state index contributed by atoms with van der Waals surface area (Å²) in [6.07, 6.45) is 10.4. The average molecular weight is 276 g/mol. The van der Waals surface area contributed by atoms with Gasteiger partial charge < -0.3 is 4.74 Å². The van der Waals surface area contributed by atoms with E-state index in [9.17, 15) is 0 Å². The van der Waals surface area contributed by atoms with E-state index in [4.69, 9.17) is 4.74 Å². The van der Waals surface area contributed by atoms with Crippen molar-refractivity contribution in [2.75, 3.05) is 0 Å². The predicted molar refractivity (Wildman–Crippen MR) is 84.0 cm³/mol. The number of hydrogen-bond acceptors (Lipinski definition) is 1. The van der Waals surface area contributed by atoms with Gasteiger partial charge in [0.1, 0.15) is 0 Å². The molecule has 1 saturated carbocycles. The lowest BCUT2D eigenvalue weighted by Gasteiger charge is -2.57. The van der Waals surface area contributed by atoms with Crippen LogP contribution in [0.25, 0.3) is 0 Å². The standard InChI is InChI=1S/C17H28OSi/c1-17(2)12-6-8-14(15(17)10-12)16-9-7-13(18-16)11-19(3,4)5/h7-9,12-13,15-16H,6,10-11H2,1-5H3/t12-,13?,15-,16?/m0/s1. The summed E-state index contributed by atoms with van der Waals surface area (Å²) < 4.78 is 6.32. The lowest BCUT2D eigenvalue weighted by molar-refractivity contribution is -0.0271. The van der Waals surface area contributed by atoms with Crippen LogP contribution in [0.15, 0.2) is 23.8 Å². The Labute approximate surface area is 119 Å². The van der Waals surface area contributed by atoms with Crippen molar-refractivity contribution in [1.29, 1.82) is 0 Å². The van der Waals surface area contributed by atoms with E-state index in [0.717, 1.165) is 11.8 Å². The van der Waals surface area contributed by atoms with Crippen LogP contribution in [0.5, 0.6) is 0 Å². The van der Waals surface area contributed by atoms with Gasteiger partial charge in [-0.25, -0.2) is 0 Å². The molecule has 0 spiro atoms. The van der Waals surface area contributed by atoms with Crippen LogP contribution in [0.2, 0.25) is 25.7 Å². The van der Waals surface area contributed by atoms with Crippen molar-refractivity contribution < 1.29 is 4.74 Å². The minimum Gasteiger partial charge on any atom is -0.363 e. The molecule has 0 aromatic rings. The maximum absolute atomic E-state index is 6.32. The van der Waals surface area contributed by atoms with Gasteiger partial charge in [-0.15, -0.1) is 0 Å². The van der Waals surface area contributed by atoms with E-state index in [1.54, 1.807) is 5.57 Å². The highest BCUT2D eigenvalue weighted by Crippen LogP contribution is 2.60. The summed E-state index contributed by atoms with van der Waals surface area (Å²) in [6.45, 7) is 12.2. The Kier molecular flexibility index (Phi) is 3.10. The van der Waals surface area contributed by atoms with Crippen molar-refractivity contribution in [1.82, 2.24) is 0 Å². The van der Waals surface area contributed by atoms with E-state index in [-0.39, 0.29) is 6.10 Å². The van der Waals surface area contributed by atoms with Gasteiger partial charge in [0.2, 0.25) is 0 Å². The molecule has 0 saturated heterocycles. The smallest absolute Gasteiger partial charge is 0.0978 e. The zero-order chi connectivity index (χ0) is 13.8. The predicted octanol–water partition coefficient (Wildman–Crippen LogP) is 4.64. The lowest BCUT2D eigenvalue weighted by Crippen LogP contribution is -2.50. The first-order valence-electron chi connectivity index (χ1n) is 7.81. The van der Waals surface area contributed by atoms with Crippen LogP contribution >= 0.6 is 0 Å². The molecule has 0 N–H and O–H groups in total. The third-order valence-corrected chi connectivity index (χ3v) is 7.10. The largest absolute Gasteiger partial charge is 0.363 e. The Morgan fingerprint density at radius 3 is 2.58 bits per heavy atom. The Bertz CT molecular complexity index is 427. The van der Waals surface area contributed by atoms with E-state index in [1.807, 2.05) is 0 Å². The molecule has 4 aliphatic rings. The fourth-order valence-electron chi connectivity index (χ4n) is 4.13. The van der Waals surface area contributed by atoms with Gasteiger partial charge in [-0.2, -0.15) is 0 Å². The van der Waals surface area contributed by atoms with Gasteiger partial charge in [0, 0.05) is 8.07 Å². The molecule has 2 bridgehead atoms. The van der Waals surface area contributed by atoms with Gasteiger partial charge in [-0.1, -0.05) is 51.7 Å². The van der Waals surface area contributed by atoms with Crippen molar-refractivity contribution in [3.05, 3.63) is 23.8 Å². The molecule has 0 aromatic heterocycles. The quantitative estimate of drug-likeness (QED) is 0.539. The topological polar surface area (TPSA) is 9.23 Å². The molecule has 1 fully saturated rings. The first-order valence-corrected chi connectivity index (χ1v) is 11.5. The molecule has 1 nitrogen and oxygen atoms in total. The molecule has 4 rings (SSSR count). The summed E-state index contributed by atoms with van der Waals surface area (Å²) in [6, 6.07) is 1.25.